The molecule has 2 aromatic carbocycles. The highest BCUT2D eigenvalue weighted by Gasteiger charge is 2.20. The van der Waals surface area contributed by atoms with Crippen LogP contribution in [0.4, 0.5) is 0 Å². The lowest BCUT2D eigenvalue weighted by atomic mass is 10.1. The molecule has 0 fully saturated rings. The third-order valence-electron chi connectivity index (χ3n) is 3.34. The van der Waals surface area contributed by atoms with Gasteiger partial charge in [-0.2, -0.15) is 0 Å². The summed E-state index contributed by atoms with van der Waals surface area (Å²) in [5.74, 6) is -0.122. The highest BCUT2D eigenvalue weighted by Crippen LogP contribution is 2.25. The summed E-state index contributed by atoms with van der Waals surface area (Å²) in [4.78, 5) is 14.2. The van der Waals surface area contributed by atoms with Gasteiger partial charge in [0.05, 0.1) is 16.6 Å². The van der Waals surface area contributed by atoms with E-state index in [1.54, 1.807) is 30.1 Å². The van der Waals surface area contributed by atoms with E-state index in [-0.39, 0.29) is 11.9 Å². The molecule has 1 amide bonds. The minimum Gasteiger partial charge on any atom is -0.335 e. The molecule has 0 aliphatic carbocycles. The average Bonchev–Trinajstić information content (AvgIpc) is 2.46. The van der Waals surface area contributed by atoms with Gasteiger partial charge in [0.1, 0.15) is 0 Å². The highest BCUT2D eigenvalue weighted by atomic mass is 35.5. The van der Waals surface area contributed by atoms with Crippen LogP contribution in [-0.4, -0.2) is 17.9 Å². The summed E-state index contributed by atoms with van der Waals surface area (Å²) in [6.07, 6.45) is 0. The summed E-state index contributed by atoms with van der Waals surface area (Å²) in [7, 11) is 1.77. The van der Waals surface area contributed by atoms with E-state index >= 15 is 0 Å². The zero-order chi connectivity index (χ0) is 14.7. The second kappa shape index (κ2) is 6.29. The second-order valence-electron chi connectivity index (χ2n) is 4.63. The number of nitrogens with zero attached hydrogens (tertiary/aromatic N) is 1. The van der Waals surface area contributed by atoms with Gasteiger partial charge >= 0.3 is 0 Å². The van der Waals surface area contributed by atoms with Crippen molar-refractivity contribution in [1.82, 2.24) is 4.90 Å². The topological polar surface area (TPSA) is 20.3 Å². The van der Waals surface area contributed by atoms with Gasteiger partial charge in [-0.3, -0.25) is 4.79 Å². The zero-order valence-electron chi connectivity index (χ0n) is 11.3. The number of halogens is 2. The van der Waals surface area contributed by atoms with Crippen molar-refractivity contribution in [3.05, 3.63) is 69.7 Å². The van der Waals surface area contributed by atoms with E-state index in [0.717, 1.165) is 5.56 Å². The van der Waals surface area contributed by atoms with E-state index in [9.17, 15) is 4.79 Å². The number of carbonyl (C=O) groups excluding carboxylic acids is 1. The SMILES string of the molecule is CC(c1ccccc1)N(C)C(=O)c1ccc(Cl)cc1Cl. The Hall–Kier alpha value is -1.51. The molecule has 0 saturated heterocycles. The largest absolute Gasteiger partial charge is 0.335 e. The third-order valence-corrected chi connectivity index (χ3v) is 3.89. The Bertz CT molecular complexity index is 613. The first-order valence-electron chi connectivity index (χ1n) is 6.28. The molecule has 2 aromatic rings. The first kappa shape index (κ1) is 14.9. The van der Waals surface area contributed by atoms with Crippen molar-refractivity contribution < 1.29 is 4.79 Å². The smallest absolute Gasteiger partial charge is 0.255 e. The molecule has 0 saturated carbocycles. The van der Waals surface area contributed by atoms with Crippen molar-refractivity contribution in [2.75, 3.05) is 7.05 Å². The van der Waals surface area contributed by atoms with Crippen LogP contribution in [0, 0.1) is 0 Å². The minimum absolute atomic E-state index is 0.0320. The Labute approximate surface area is 128 Å². The van der Waals surface area contributed by atoms with Crippen molar-refractivity contribution in [1.29, 1.82) is 0 Å². The van der Waals surface area contributed by atoms with Crippen LogP contribution >= 0.6 is 23.2 Å². The quantitative estimate of drug-likeness (QED) is 0.795. The van der Waals surface area contributed by atoms with E-state index < -0.39 is 0 Å². The molecule has 2 rings (SSSR count). The van der Waals surface area contributed by atoms with Crippen molar-refractivity contribution in [2.24, 2.45) is 0 Å². The highest BCUT2D eigenvalue weighted by molar-refractivity contribution is 6.36. The molecule has 104 valence electrons. The fourth-order valence-electron chi connectivity index (χ4n) is 1.98. The Morgan fingerprint density at radius 3 is 2.35 bits per heavy atom. The predicted octanol–water partition coefficient (Wildman–Crippen LogP) is 4.83. The first-order chi connectivity index (χ1) is 9.50. The number of amides is 1. The van der Waals surface area contributed by atoms with E-state index in [0.29, 0.717) is 15.6 Å². The van der Waals surface area contributed by atoms with Gasteiger partial charge in [0.25, 0.3) is 5.91 Å². The van der Waals surface area contributed by atoms with Crippen LogP contribution in [0.3, 0.4) is 0 Å². The molecule has 1 unspecified atom stereocenters. The molecule has 0 aliphatic rings. The maximum absolute atomic E-state index is 12.5. The van der Waals surface area contributed by atoms with Gasteiger partial charge in [-0.15, -0.1) is 0 Å². The lowest BCUT2D eigenvalue weighted by molar-refractivity contribution is 0.0743. The summed E-state index contributed by atoms with van der Waals surface area (Å²) in [5, 5.41) is 0.889. The fraction of sp³-hybridized carbons (Fsp3) is 0.188. The first-order valence-corrected chi connectivity index (χ1v) is 7.03. The minimum atomic E-state index is -0.122. The lowest BCUT2D eigenvalue weighted by Crippen LogP contribution is -2.29. The number of hydrogen-bond acceptors (Lipinski definition) is 1. The number of benzene rings is 2. The van der Waals surface area contributed by atoms with Gasteiger partial charge in [-0.05, 0) is 30.7 Å². The third kappa shape index (κ3) is 3.14. The van der Waals surface area contributed by atoms with Gasteiger partial charge in [0.2, 0.25) is 0 Å². The molecule has 0 heterocycles. The molecule has 4 heteroatoms. The molecule has 0 bridgehead atoms. The Kier molecular flexibility index (Phi) is 4.69. The maximum atomic E-state index is 12.5. The molecule has 0 spiro atoms. The van der Waals surface area contributed by atoms with Gasteiger partial charge < -0.3 is 4.90 Å². The monoisotopic (exact) mass is 307 g/mol. The molecule has 20 heavy (non-hydrogen) atoms. The van der Waals surface area contributed by atoms with E-state index in [1.165, 1.54) is 0 Å². The van der Waals surface area contributed by atoms with E-state index in [4.69, 9.17) is 23.2 Å². The van der Waals surface area contributed by atoms with E-state index in [1.807, 2.05) is 37.3 Å². The molecule has 2 nitrogen and oxygen atoms in total. The van der Waals surface area contributed by atoms with Crippen LogP contribution in [0.15, 0.2) is 48.5 Å². The summed E-state index contributed by atoms with van der Waals surface area (Å²) < 4.78 is 0. The molecule has 0 aromatic heterocycles. The van der Waals surface area contributed by atoms with E-state index in [2.05, 4.69) is 0 Å². The molecule has 0 aliphatic heterocycles. The van der Waals surface area contributed by atoms with Crippen LogP contribution in [0.1, 0.15) is 28.9 Å². The summed E-state index contributed by atoms with van der Waals surface area (Å²) >= 11 is 11.9. The lowest BCUT2D eigenvalue weighted by Gasteiger charge is -2.25. The number of carbonyl (C=O) groups is 1. The number of hydrogen-bond donors (Lipinski definition) is 0. The van der Waals surface area contributed by atoms with Crippen molar-refractivity contribution in [3.63, 3.8) is 0 Å². The van der Waals surface area contributed by atoms with Crippen LogP contribution in [0.5, 0.6) is 0 Å². The maximum Gasteiger partial charge on any atom is 0.255 e. The molecular weight excluding hydrogens is 293 g/mol. The molecular formula is C16H15Cl2NO. The van der Waals surface area contributed by atoms with Gasteiger partial charge in [-0.25, -0.2) is 0 Å². The van der Waals surface area contributed by atoms with Crippen molar-refractivity contribution >= 4 is 29.1 Å². The van der Waals surface area contributed by atoms with Gasteiger partial charge in [-0.1, -0.05) is 53.5 Å². The van der Waals surface area contributed by atoms with Gasteiger partial charge in [0.15, 0.2) is 0 Å². The van der Waals surface area contributed by atoms with Crippen LogP contribution in [0.25, 0.3) is 0 Å². The second-order valence-corrected chi connectivity index (χ2v) is 5.47. The molecule has 0 N–H and O–H groups in total. The standard InChI is InChI=1S/C16H15Cl2NO/c1-11(12-6-4-3-5-7-12)19(2)16(20)14-9-8-13(17)10-15(14)18/h3-11H,1-2H3. The molecule has 1 atom stereocenters. The van der Waals surface area contributed by atoms with Gasteiger partial charge in [0, 0.05) is 12.1 Å². The normalized spacial score (nSPS) is 12.0. The van der Waals surface area contributed by atoms with Crippen LogP contribution in [0.2, 0.25) is 10.0 Å². The Morgan fingerprint density at radius 2 is 1.75 bits per heavy atom. The predicted molar refractivity (Wildman–Crippen MR) is 83.4 cm³/mol. The number of rotatable bonds is 3. The van der Waals surface area contributed by atoms with Crippen molar-refractivity contribution in [3.8, 4) is 0 Å². The average molecular weight is 308 g/mol. The molecule has 0 radical (unpaired) electrons. The summed E-state index contributed by atoms with van der Waals surface area (Å²) in [5.41, 5.74) is 1.54. The Morgan fingerprint density at radius 1 is 1.10 bits per heavy atom. The van der Waals surface area contributed by atoms with Crippen LogP contribution < -0.4 is 0 Å². The Balaban J connectivity index is 2.24. The van der Waals surface area contributed by atoms with Crippen LogP contribution in [-0.2, 0) is 0 Å². The summed E-state index contributed by atoms with van der Waals surface area (Å²) in [6, 6.07) is 14.7. The fourth-order valence-corrected chi connectivity index (χ4v) is 2.47. The zero-order valence-corrected chi connectivity index (χ0v) is 12.8. The van der Waals surface area contributed by atoms with Crippen molar-refractivity contribution in [2.45, 2.75) is 13.0 Å². The summed E-state index contributed by atoms with van der Waals surface area (Å²) in [6.45, 7) is 1.98.